The lowest BCUT2D eigenvalue weighted by Gasteiger charge is -2.09. The third kappa shape index (κ3) is 3.25. The lowest BCUT2D eigenvalue weighted by atomic mass is 10.2. The summed E-state index contributed by atoms with van der Waals surface area (Å²) in [6.07, 6.45) is 4.32. The van der Waals surface area contributed by atoms with Crippen molar-refractivity contribution in [3.05, 3.63) is 76.2 Å². The number of halogens is 1. The molecule has 0 saturated heterocycles. The van der Waals surface area contributed by atoms with Crippen LogP contribution in [0.3, 0.4) is 0 Å². The van der Waals surface area contributed by atoms with Crippen molar-refractivity contribution in [3.63, 3.8) is 0 Å². The number of hydrogen-bond acceptors (Lipinski definition) is 5. The van der Waals surface area contributed by atoms with Crippen LogP contribution < -0.4 is 10.9 Å². The zero-order chi connectivity index (χ0) is 19.7. The Hall–Kier alpha value is -3.52. The van der Waals surface area contributed by atoms with Crippen LogP contribution in [0.1, 0.15) is 5.56 Å². The van der Waals surface area contributed by atoms with Crippen molar-refractivity contribution in [2.45, 2.75) is 13.5 Å². The molecule has 140 valence electrons. The van der Waals surface area contributed by atoms with E-state index in [1.807, 2.05) is 31.2 Å². The maximum absolute atomic E-state index is 12.8. The van der Waals surface area contributed by atoms with Crippen LogP contribution in [-0.2, 0) is 11.3 Å². The van der Waals surface area contributed by atoms with Gasteiger partial charge in [0.25, 0.3) is 5.56 Å². The Kier molecular flexibility index (Phi) is 4.62. The molecule has 4 rings (SSSR count). The highest BCUT2D eigenvalue weighted by atomic mass is 35.5. The topological polar surface area (TPSA) is 94.7 Å². The Morgan fingerprint density at radius 3 is 2.79 bits per heavy atom. The lowest BCUT2D eigenvalue weighted by Crippen LogP contribution is -2.28. The number of nitrogens with zero attached hydrogens (tertiary/aromatic N) is 5. The molecule has 0 bridgehead atoms. The first-order chi connectivity index (χ1) is 13.5. The van der Waals surface area contributed by atoms with Gasteiger partial charge in [0.2, 0.25) is 5.91 Å². The molecule has 1 aromatic carbocycles. The summed E-state index contributed by atoms with van der Waals surface area (Å²) >= 11 is 5.94. The van der Waals surface area contributed by atoms with Crippen LogP contribution in [-0.4, -0.2) is 30.2 Å². The molecule has 0 atom stereocenters. The van der Waals surface area contributed by atoms with Gasteiger partial charge in [0.1, 0.15) is 18.3 Å². The SMILES string of the molecule is Cc1ccccc1-n1ncc2c(=O)n(CC(=O)Nc3cccnc3Cl)cnc21. The minimum absolute atomic E-state index is 0.177. The minimum Gasteiger partial charge on any atom is -0.322 e. The summed E-state index contributed by atoms with van der Waals surface area (Å²) in [5.41, 5.74) is 2.31. The van der Waals surface area contributed by atoms with Crippen molar-refractivity contribution in [1.29, 1.82) is 0 Å². The van der Waals surface area contributed by atoms with Crippen LogP contribution in [0.25, 0.3) is 16.7 Å². The van der Waals surface area contributed by atoms with Gasteiger partial charge in [-0.1, -0.05) is 29.8 Å². The Labute approximate surface area is 164 Å². The monoisotopic (exact) mass is 394 g/mol. The predicted octanol–water partition coefficient (Wildman–Crippen LogP) is 2.58. The van der Waals surface area contributed by atoms with Gasteiger partial charge in [-0.15, -0.1) is 0 Å². The van der Waals surface area contributed by atoms with Gasteiger partial charge in [-0.3, -0.25) is 14.2 Å². The van der Waals surface area contributed by atoms with Gasteiger partial charge in [0.15, 0.2) is 10.8 Å². The minimum atomic E-state index is -0.413. The average Bonchev–Trinajstić information content (AvgIpc) is 3.11. The Bertz CT molecular complexity index is 1250. The van der Waals surface area contributed by atoms with E-state index < -0.39 is 5.91 Å². The molecule has 9 heteroatoms. The summed E-state index contributed by atoms with van der Waals surface area (Å²) in [7, 11) is 0. The quantitative estimate of drug-likeness (QED) is 0.537. The van der Waals surface area contributed by atoms with Crippen LogP contribution >= 0.6 is 11.6 Å². The van der Waals surface area contributed by atoms with E-state index in [0.717, 1.165) is 11.3 Å². The summed E-state index contributed by atoms with van der Waals surface area (Å²) in [6, 6.07) is 11.0. The third-order valence-corrected chi connectivity index (χ3v) is 4.55. The van der Waals surface area contributed by atoms with Gasteiger partial charge < -0.3 is 5.32 Å². The van der Waals surface area contributed by atoms with Crippen molar-refractivity contribution in [2.24, 2.45) is 0 Å². The van der Waals surface area contributed by atoms with E-state index in [4.69, 9.17) is 11.6 Å². The smallest absolute Gasteiger partial charge is 0.264 e. The van der Waals surface area contributed by atoms with Crippen molar-refractivity contribution in [1.82, 2.24) is 24.3 Å². The molecular weight excluding hydrogens is 380 g/mol. The molecule has 28 heavy (non-hydrogen) atoms. The van der Waals surface area contributed by atoms with Crippen molar-refractivity contribution >= 4 is 34.2 Å². The van der Waals surface area contributed by atoms with Crippen molar-refractivity contribution < 1.29 is 4.79 Å². The van der Waals surface area contributed by atoms with E-state index in [-0.39, 0.29) is 17.3 Å². The standard InChI is InChI=1S/C19H15ClN6O2/c1-12-5-2-3-7-15(12)26-18-13(9-23-26)19(28)25(11-22-18)10-16(27)24-14-6-4-8-21-17(14)20/h2-9,11H,10H2,1H3,(H,24,27). The molecule has 0 spiro atoms. The molecule has 0 aliphatic rings. The first kappa shape index (κ1) is 17.9. The second kappa shape index (κ2) is 7.24. The Morgan fingerprint density at radius 1 is 1.18 bits per heavy atom. The number of para-hydroxylation sites is 1. The fourth-order valence-electron chi connectivity index (χ4n) is 2.86. The molecule has 1 N–H and O–H groups in total. The number of pyridine rings is 1. The molecule has 1 amide bonds. The van der Waals surface area contributed by atoms with E-state index in [0.29, 0.717) is 16.7 Å². The fourth-order valence-corrected chi connectivity index (χ4v) is 3.03. The van der Waals surface area contributed by atoms with Crippen LogP contribution in [0.2, 0.25) is 5.15 Å². The molecule has 0 unspecified atom stereocenters. The zero-order valence-corrected chi connectivity index (χ0v) is 15.6. The summed E-state index contributed by atoms with van der Waals surface area (Å²) < 4.78 is 2.84. The number of anilines is 1. The normalized spacial score (nSPS) is 10.9. The summed E-state index contributed by atoms with van der Waals surface area (Å²) in [5, 5.41) is 7.44. The Morgan fingerprint density at radius 2 is 2.00 bits per heavy atom. The third-order valence-electron chi connectivity index (χ3n) is 4.25. The highest BCUT2D eigenvalue weighted by Gasteiger charge is 2.14. The maximum Gasteiger partial charge on any atom is 0.264 e. The molecule has 0 fully saturated rings. The van der Waals surface area contributed by atoms with E-state index in [9.17, 15) is 9.59 Å². The summed E-state index contributed by atoms with van der Waals surface area (Å²) in [4.78, 5) is 33.3. The number of nitrogens with one attached hydrogen (secondary N) is 1. The number of carbonyl (C=O) groups excluding carboxylic acids is 1. The van der Waals surface area contributed by atoms with Gasteiger partial charge in [0, 0.05) is 6.20 Å². The average molecular weight is 395 g/mol. The van der Waals surface area contributed by atoms with Crippen LogP contribution in [0.4, 0.5) is 5.69 Å². The molecule has 0 aliphatic carbocycles. The molecule has 8 nitrogen and oxygen atoms in total. The molecule has 0 radical (unpaired) electrons. The van der Waals surface area contributed by atoms with E-state index in [2.05, 4.69) is 20.4 Å². The molecule has 4 aromatic rings. The summed E-state index contributed by atoms with van der Waals surface area (Å²) in [5.74, 6) is -0.413. The van der Waals surface area contributed by atoms with Gasteiger partial charge in [-0.05, 0) is 30.7 Å². The largest absolute Gasteiger partial charge is 0.322 e. The van der Waals surface area contributed by atoms with Crippen molar-refractivity contribution in [2.75, 3.05) is 5.32 Å². The molecular formula is C19H15ClN6O2. The molecule has 0 aliphatic heterocycles. The lowest BCUT2D eigenvalue weighted by molar-refractivity contribution is -0.116. The van der Waals surface area contributed by atoms with Crippen molar-refractivity contribution in [3.8, 4) is 5.69 Å². The van der Waals surface area contributed by atoms with Crippen LogP contribution in [0.15, 0.2) is 59.9 Å². The number of fused-ring (bicyclic) bond motifs is 1. The first-order valence-electron chi connectivity index (χ1n) is 8.44. The van der Waals surface area contributed by atoms with Gasteiger partial charge in [-0.25, -0.2) is 14.6 Å². The highest BCUT2D eigenvalue weighted by Crippen LogP contribution is 2.18. The number of aromatic nitrogens is 5. The second-order valence-corrected chi connectivity index (χ2v) is 6.51. The Balaban J connectivity index is 1.64. The summed E-state index contributed by atoms with van der Waals surface area (Å²) in [6.45, 7) is 1.75. The number of benzene rings is 1. The van der Waals surface area contributed by atoms with E-state index >= 15 is 0 Å². The van der Waals surface area contributed by atoms with E-state index in [1.165, 1.54) is 23.3 Å². The molecule has 3 aromatic heterocycles. The second-order valence-electron chi connectivity index (χ2n) is 6.15. The van der Waals surface area contributed by atoms with Crippen LogP contribution in [0, 0.1) is 6.92 Å². The zero-order valence-electron chi connectivity index (χ0n) is 14.8. The number of carbonyl (C=O) groups is 1. The van der Waals surface area contributed by atoms with Crippen LogP contribution in [0.5, 0.6) is 0 Å². The maximum atomic E-state index is 12.8. The molecule has 3 heterocycles. The highest BCUT2D eigenvalue weighted by molar-refractivity contribution is 6.32. The molecule has 0 saturated carbocycles. The number of aryl methyl sites for hydroxylation is 1. The van der Waals surface area contributed by atoms with Gasteiger partial charge in [-0.2, -0.15) is 5.10 Å². The van der Waals surface area contributed by atoms with E-state index in [1.54, 1.807) is 16.8 Å². The fraction of sp³-hybridized carbons (Fsp3) is 0.105. The number of hydrogen-bond donors (Lipinski definition) is 1. The van der Waals surface area contributed by atoms with Gasteiger partial charge in [0.05, 0.1) is 17.6 Å². The predicted molar refractivity (Wildman–Crippen MR) is 106 cm³/mol. The van der Waals surface area contributed by atoms with Gasteiger partial charge >= 0.3 is 0 Å². The number of rotatable bonds is 4. The number of amides is 1. The first-order valence-corrected chi connectivity index (χ1v) is 8.82.